The predicted octanol–water partition coefficient (Wildman–Crippen LogP) is 4.51. The molecule has 0 fully saturated rings. The predicted molar refractivity (Wildman–Crippen MR) is 107 cm³/mol. The van der Waals surface area contributed by atoms with Crippen LogP contribution in [0, 0.1) is 6.92 Å². The zero-order valence-electron chi connectivity index (χ0n) is 16.1. The van der Waals surface area contributed by atoms with E-state index in [1.54, 1.807) is 19.2 Å². The number of nitrogens with zero attached hydrogens (tertiary/aromatic N) is 3. The number of amides is 1. The highest BCUT2D eigenvalue weighted by molar-refractivity contribution is 6.30. The van der Waals surface area contributed by atoms with Crippen molar-refractivity contribution in [2.45, 2.75) is 32.9 Å². The highest BCUT2D eigenvalue weighted by Gasteiger charge is 2.24. The number of rotatable bonds is 7. The third-order valence-corrected chi connectivity index (χ3v) is 4.52. The summed E-state index contributed by atoms with van der Waals surface area (Å²) < 4.78 is 11.1. The van der Waals surface area contributed by atoms with E-state index < -0.39 is 6.10 Å². The average molecular weight is 400 g/mol. The summed E-state index contributed by atoms with van der Waals surface area (Å²) in [6.45, 7) is 4.12. The lowest BCUT2D eigenvalue weighted by atomic mass is 10.2. The number of aromatic nitrogens is 2. The molecule has 28 heavy (non-hydrogen) atoms. The van der Waals surface area contributed by atoms with Gasteiger partial charge in [0.1, 0.15) is 5.75 Å². The summed E-state index contributed by atoms with van der Waals surface area (Å²) in [6, 6.07) is 14.8. The van der Waals surface area contributed by atoms with Gasteiger partial charge in [0.2, 0.25) is 11.7 Å². The molecule has 1 unspecified atom stereocenters. The summed E-state index contributed by atoms with van der Waals surface area (Å²) in [5.41, 5.74) is 1.93. The minimum atomic E-state index is -0.577. The van der Waals surface area contributed by atoms with Gasteiger partial charge in [-0.1, -0.05) is 41.4 Å². The van der Waals surface area contributed by atoms with Crippen molar-refractivity contribution in [2.24, 2.45) is 0 Å². The first-order chi connectivity index (χ1) is 13.5. The molecule has 1 heterocycles. The van der Waals surface area contributed by atoms with Crippen molar-refractivity contribution in [3.05, 3.63) is 65.0 Å². The van der Waals surface area contributed by atoms with Crippen LogP contribution in [-0.2, 0) is 11.3 Å². The number of hydrogen-bond donors (Lipinski definition) is 0. The van der Waals surface area contributed by atoms with Crippen LogP contribution < -0.4 is 4.74 Å². The molecule has 3 aromatic rings. The number of aryl methyl sites for hydroxylation is 1. The molecule has 0 bridgehead atoms. The van der Waals surface area contributed by atoms with Gasteiger partial charge in [-0.25, -0.2) is 0 Å². The lowest BCUT2D eigenvalue weighted by Gasteiger charge is -2.22. The van der Waals surface area contributed by atoms with Gasteiger partial charge in [0.05, 0.1) is 6.54 Å². The Morgan fingerprint density at radius 2 is 1.86 bits per heavy atom. The maximum absolute atomic E-state index is 12.8. The SMILES string of the molecule is CCC(Oc1ccc(C)cc1)C(=O)N(C)Cc1nc(-c2ccc(Cl)cc2)no1. The van der Waals surface area contributed by atoms with E-state index in [9.17, 15) is 4.79 Å². The molecule has 0 saturated carbocycles. The average Bonchev–Trinajstić information content (AvgIpc) is 3.16. The maximum atomic E-state index is 12.8. The fourth-order valence-electron chi connectivity index (χ4n) is 2.65. The Kier molecular flexibility index (Phi) is 6.31. The van der Waals surface area contributed by atoms with Crippen LogP contribution in [0.25, 0.3) is 11.4 Å². The molecule has 3 rings (SSSR count). The molecular formula is C21H22ClN3O3. The Morgan fingerprint density at radius 3 is 2.50 bits per heavy atom. The van der Waals surface area contributed by atoms with E-state index in [1.807, 2.05) is 50.2 Å². The van der Waals surface area contributed by atoms with Gasteiger partial charge in [0.15, 0.2) is 6.10 Å². The number of carbonyl (C=O) groups excluding carboxylic acids is 1. The van der Waals surface area contributed by atoms with E-state index >= 15 is 0 Å². The van der Waals surface area contributed by atoms with Crippen LogP contribution in [0.1, 0.15) is 24.8 Å². The molecule has 0 aliphatic heterocycles. The van der Waals surface area contributed by atoms with E-state index in [1.165, 1.54) is 4.90 Å². The lowest BCUT2D eigenvalue weighted by Crippen LogP contribution is -2.39. The molecule has 1 atom stereocenters. The third kappa shape index (κ3) is 4.89. The van der Waals surface area contributed by atoms with E-state index in [-0.39, 0.29) is 12.5 Å². The van der Waals surface area contributed by atoms with Crippen molar-refractivity contribution in [1.29, 1.82) is 0 Å². The molecule has 0 aliphatic rings. The molecule has 2 aromatic carbocycles. The monoisotopic (exact) mass is 399 g/mol. The van der Waals surface area contributed by atoms with Gasteiger partial charge >= 0.3 is 0 Å². The smallest absolute Gasteiger partial charge is 0.263 e. The second-order valence-electron chi connectivity index (χ2n) is 6.54. The summed E-state index contributed by atoms with van der Waals surface area (Å²) in [7, 11) is 1.69. The van der Waals surface area contributed by atoms with Gasteiger partial charge < -0.3 is 14.2 Å². The van der Waals surface area contributed by atoms with E-state index in [0.717, 1.165) is 11.1 Å². The third-order valence-electron chi connectivity index (χ3n) is 4.26. The minimum Gasteiger partial charge on any atom is -0.481 e. The molecule has 0 saturated heterocycles. The van der Waals surface area contributed by atoms with Gasteiger partial charge in [0.25, 0.3) is 5.91 Å². The number of likely N-dealkylation sites (N-methyl/N-ethyl adjacent to an activating group) is 1. The largest absolute Gasteiger partial charge is 0.481 e. The fraction of sp³-hybridized carbons (Fsp3) is 0.286. The summed E-state index contributed by atoms with van der Waals surface area (Å²) in [5.74, 6) is 1.33. The topological polar surface area (TPSA) is 68.5 Å². The minimum absolute atomic E-state index is 0.144. The maximum Gasteiger partial charge on any atom is 0.263 e. The molecule has 1 aromatic heterocycles. The lowest BCUT2D eigenvalue weighted by molar-refractivity contribution is -0.138. The molecule has 1 amide bonds. The molecule has 0 aliphatic carbocycles. The van der Waals surface area contributed by atoms with Crippen molar-refractivity contribution < 1.29 is 14.1 Å². The number of benzene rings is 2. The van der Waals surface area contributed by atoms with Crippen molar-refractivity contribution in [3.8, 4) is 17.1 Å². The summed E-state index contributed by atoms with van der Waals surface area (Å²) in [6.07, 6.45) is -0.0250. The van der Waals surface area contributed by atoms with Crippen LogP contribution in [-0.4, -0.2) is 34.1 Å². The number of carbonyl (C=O) groups is 1. The normalized spacial score (nSPS) is 11.9. The van der Waals surface area contributed by atoms with Crippen LogP contribution in [0.5, 0.6) is 5.75 Å². The summed E-state index contributed by atoms with van der Waals surface area (Å²) in [4.78, 5) is 18.6. The quantitative estimate of drug-likeness (QED) is 0.584. The molecule has 6 nitrogen and oxygen atoms in total. The van der Waals surface area contributed by atoms with Crippen molar-refractivity contribution in [2.75, 3.05) is 7.05 Å². The number of halogens is 1. The highest BCUT2D eigenvalue weighted by Crippen LogP contribution is 2.20. The fourth-order valence-corrected chi connectivity index (χ4v) is 2.78. The Balaban J connectivity index is 1.64. The van der Waals surface area contributed by atoms with Gasteiger partial charge in [-0.3, -0.25) is 4.79 Å². The first kappa shape index (κ1) is 19.9. The highest BCUT2D eigenvalue weighted by atomic mass is 35.5. The van der Waals surface area contributed by atoms with Gasteiger partial charge in [-0.2, -0.15) is 4.98 Å². The Bertz CT molecular complexity index is 923. The van der Waals surface area contributed by atoms with E-state index in [4.69, 9.17) is 20.9 Å². The zero-order chi connectivity index (χ0) is 20.1. The molecule has 146 valence electrons. The molecule has 0 spiro atoms. The molecule has 7 heteroatoms. The standard InChI is InChI=1S/C21H22ClN3O3/c1-4-18(27-17-11-5-14(2)6-12-17)21(26)25(3)13-19-23-20(24-28-19)15-7-9-16(22)10-8-15/h5-12,18H,4,13H2,1-3H3. The number of hydrogen-bond acceptors (Lipinski definition) is 5. The second-order valence-corrected chi connectivity index (χ2v) is 6.98. The zero-order valence-corrected chi connectivity index (χ0v) is 16.8. The van der Waals surface area contributed by atoms with Crippen LogP contribution in [0.2, 0.25) is 5.02 Å². The first-order valence-electron chi connectivity index (χ1n) is 9.03. The van der Waals surface area contributed by atoms with Crippen molar-refractivity contribution in [3.63, 3.8) is 0 Å². The molecule has 0 radical (unpaired) electrons. The second kappa shape index (κ2) is 8.89. The Hall–Kier alpha value is -2.86. The van der Waals surface area contributed by atoms with Crippen LogP contribution >= 0.6 is 11.6 Å². The van der Waals surface area contributed by atoms with Gasteiger partial charge in [0, 0.05) is 17.6 Å². The van der Waals surface area contributed by atoms with Crippen molar-refractivity contribution in [1.82, 2.24) is 15.0 Å². The Morgan fingerprint density at radius 1 is 1.18 bits per heavy atom. The Labute approximate surface area is 169 Å². The van der Waals surface area contributed by atoms with E-state index in [0.29, 0.717) is 28.9 Å². The molecular weight excluding hydrogens is 378 g/mol. The summed E-state index contributed by atoms with van der Waals surface area (Å²) in [5, 5.41) is 4.61. The van der Waals surface area contributed by atoms with Crippen LogP contribution in [0.3, 0.4) is 0 Å². The summed E-state index contributed by atoms with van der Waals surface area (Å²) >= 11 is 5.90. The van der Waals surface area contributed by atoms with Crippen LogP contribution in [0.15, 0.2) is 53.1 Å². The van der Waals surface area contributed by atoms with Gasteiger partial charge in [-0.05, 0) is 49.7 Å². The number of ether oxygens (including phenoxy) is 1. The van der Waals surface area contributed by atoms with Gasteiger partial charge in [-0.15, -0.1) is 0 Å². The van der Waals surface area contributed by atoms with Crippen LogP contribution in [0.4, 0.5) is 0 Å². The van der Waals surface area contributed by atoms with E-state index in [2.05, 4.69) is 10.1 Å². The van der Waals surface area contributed by atoms with Crippen molar-refractivity contribution >= 4 is 17.5 Å². The molecule has 0 N–H and O–H groups in total. The first-order valence-corrected chi connectivity index (χ1v) is 9.41.